The molecule has 0 aliphatic heterocycles. The van der Waals surface area contributed by atoms with Crippen LogP contribution in [0.5, 0.6) is 5.75 Å². The van der Waals surface area contributed by atoms with Gasteiger partial charge in [-0.15, -0.1) is 0 Å². The number of hydrogen-bond acceptors (Lipinski definition) is 2. The summed E-state index contributed by atoms with van der Waals surface area (Å²) in [5, 5.41) is 10.6. The Morgan fingerprint density at radius 3 is 2.62 bits per heavy atom. The van der Waals surface area contributed by atoms with Crippen LogP contribution in [0.25, 0.3) is 0 Å². The fourth-order valence-electron chi connectivity index (χ4n) is 4.34. The van der Waals surface area contributed by atoms with Gasteiger partial charge in [-0.1, -0.05) is 31.7 Å². The van der Waals surface area contributed by atoms with Crippen molar-refractivity contribution < 1.29 is 14.2 Å². The van der Waals surface area contributed by atoms with Crippen molar-refractivity contribution in [2.75, 3.05) is 7.11 Å². The minimum absolute atomic E-state index is 0.238. The minimum Gasteiger partial charge on any atom is -0.494 e. The standard InChI is InChI=1S/C18H25FO2/c1-21-17-9-8-15(11-16(17)19)18(20)14-7-6-12-4-2-3-5-13(12)10-14/h8-9,11-14,18,20H,2-7,10H2,1H3. The second-order valence-corrected chi connectivity index (χ2v) is 6.72. The summed E-state index contributed by atoms with van der Waals surface area (Å²) >= 11 is 0. The summed E-state index contributed by atoms with van der Waals surface area (Å²) in [5.41, 5.74) is 0.688. The van der Waals surface area contributed by atoms with Gasteiger partial charge in [0, 0.05) is 0 Å². The van der Waals surface area contributed by atoms with E-state index in [0.717, 1.165) is 24.7 Å². The van der Waals surface area contributed by atoms with Crippen molar-refractivity contribution in [2.24, 2.45) is 17.8 Å². The lowest BCUT2D eigenvalue weighted by Crippen LogP contribution is -2.30. The van der Waals surface area contributed by atoms with Gasteiger partial charge < -0.3 is 9.84 Å². The summed E-state index contributed by atoms with van der Waals surface area (Å²) in [4.78, 5) is 0. The number of fused-ring (bicyclic) bond motifs is 1. The van der Waals surface area contributed by atoms with Gasteiger partial charge in [-0.3, -0.25) is 0 Å². The van der Waals surface area contributed by atoms with E-state index in [4.69, 9.17) is 4.74 Å². The first-order valence-electron chi connectivity index (χ1n) is 8.20. The molecule has 0 amide bonds. The smallest absolute Gasteiger partial charge is 0.165 e. The first kappa shape index (κ1) is 14.8. The fraction of sp³-hybridized carbons (Fsp3) is 0.667. The normalized spacial score (nSPS) is 30.5. The third-order valence-corrected chi connectivity index (χ3v) is 5.54. The van der Waals surface area contributed by atoms with Crippen LogP contribution in [0.1, 0.15) is 56.6 Å². The molecule has 21 heavy (non-hydrogen) atoms. The van der Waals surface area contributed by atoms with Gasteiger partial charge in [0.15, 0.2) is 11.6 Å². The van der Waals surface area contributed by atoms with Crippen molar-refractivity contribution in [3.8, 4) is 5.75 Å². The molecular weight excluding hydrogens is 267 g/mol. The van der Waals surface area contributed by atoms with Crippen molar-refractivity contribution in [2.45, 2.75) is 51.0 Å². The first-order valence-corrected chi connectivity index (χ1v) is 8.20. The average Bonchev–Trinajstić information content (AvgIpc) is 2.53. The number of hydrogen-bond donors (Lipinski definition) is 1. The molecule has 2 aliphatic carbocycles. The molecule has 3 heteroatoms. The molecule has 0 heterocycles. The maximum absolute atomic E-state index is 13.8. The molecule has 2 aliphatic rings. The quantitative estimate of drug-likeness (QED) is 0.890. The zero-order valence-electron chi connectivity index (χ0n) is 12.7. The molecule has 1 aromatic carbocycles. The second-order valence-electron chi connectivity index (χ2n) is 6.72. The zero-order chi connectivity index (χ0) is 14.8. The molecule has 2 fully saturated rings. The lowest BCUT2D eigenvalue weighted by atomic mass is 9.66. The predicted molar refractivity (Wildman–Crippen MR) is 80.7 cm³/mol. The van der Waals surface area contributed by atoms with Gasteiger partial charge in [0.2, 0.25) is 0 Å². The van der Waals surface area contributed by atoms with Gasteiger partial charge in [0.1, 0.15) is 0 Å². The van der Waals surface area contributed by atoms with Crippen molar-refractivity contribution in [1.82, 2.24) is 0 Å². The van der Waals surface area contributed by atoms with Gasteiger partial charge in [-0.05, 0) is 54.7 Å². The number of aliphatic hydroxyl groups excluding tert-OH is 1. The number of ether oxygens (including phenoxy) is 1. The van der Waals surface area contributed by atoms with E-state index in [1.165, 1.54) is 45.3 Å². The molecule has 0 saturated heterocycles. The van der Waals surface area contributed by atoms with Crippen LogP contribution < -0.4 is 4.74 Å². The first-order chi connectivity index (χ1) is 10.2. The SMILES string of the molecule is COc1ccc(C(O)C2CCC3CCCCC3C2)cc1F. The van der Waals surface area contributed by atoms with Gasteiger partial charge in [0.25, 0.3) is 0 Å². The maximum Gasteiger partial charge on any atom is 0.165 e. The monoisotopic (exact) mass is 292 g/mol. The van der Waals surface area contributed by atoms with E-state index in [0.29, 0.717) is 5.56 Å². The molecule has 0 bridgehead atoms. The van der Waals surface area contributed by atoms with Gasteiger partial charge in [-0.2, -0.15) is 0 Å². The summed E-state index contributed by atoms with van der Waals surface area (Å²) in [7, 11) is 1.46. The Balaban J connectivity index is 1.70. The summed E-state index contributed by atoms with van der Waals surface area (Å²) < 4.78 is 18.7. The molecule has 116 valence electrons. The van der Waals surface area contributed by atoms with Crippen LogP contribution in [0.3, 0.4) is 0 Å². The number of halogens is 1. The Kier molecular flexibility index (Phi) is 4.48. The Labute approximate surface area is 126 Å². The summed E-state index contributed by atoms with van der Waals surface area (Å²) in [6.45, 7) is 0. The highest BCUT2D eigenvalue weighted by atomic mass is 19.1. The largest absolute Gasteiger partial charge is 0.494 e. The average molecular weight is 292 g/mol. The maximum atomic E-state index is 13.8. The molecule has 2 nitrogen and oxygen atoms in total. The van der Waals surface area contributed by atoms with E-state index < -0.39 is 6.10 Å². The molecular formula is C18H25FO2. The highest BCUT2D eigenvalue weighted by Gasteiger charge is 2.35. The van der Waals surface area contributed by atoms with Crippen LogP contribution in [-0.2, 0) is 0 Å². The Bertz CT molecular complexity index is 488. The van der Waals surface area contributed by atoms with E-state index in [1.54, 1.807) is 12.1 Å². The van der Waals surface area contributed by atoms with E-state index in [-0.39, 0.29) is 17.5 Å². The summed E-state index contributed by atoms with van der Waals surface area (Å²) in [5.74, 6) is 1.77. The fourth-order valence-corrected chi connectivity index (χ4v) is 4.34. The Hall–Kier alpha value is -1.09. The van der Waals surface area contributed by atoms with Crippen LogP contribution in [-0.4, -0.2) is 12.2 Å². The van der Waals surface area contributed by atoms with Crippen LogP contribution in [0.4, 0.5) is 4.39 Å². The molecule has 0 spiro atoms. The van der Waals surface area contributed by atoms with Gasteiger partial charge in [0.05, 0.1) is 13.2 Å². The molecule has 0 radical (unpaired) electrons. The van der Waals surface area contributed by atoms with Crippen LogP contribution in [0.2, 0.25) is 0 Å². The van der Waals surface area contributed by atoms with Crippen molar-refractivity contribution in [1.29, 1.82) is 0 Å². The van der Waals surface area contributed by atoms with E-state index in [9.17, 15) is 9.50 Å². The van der Waals surface area contributed by atoms with E-state index in [1.807, 2.05) is 0 Å². The third-order valence-electron chi connectivity index (χ3n) is 5.54. The van der Waals surface area contributed by atoms with Crippen molar-refractivity contribution in [3.05, 3.63) is 29.6 Å². The molecule has 3 rings (SSSR count). The number of rotatable bonds is 3. The highest BCUT2D eigenvalue weighted by Crippen LogP contribution is 2.46. The predicted octanol–water partition coefficient (Wildman–Crippen LogP) is 4.47. The van der Waals surface area contributed by atoms with Crippen LogP contribution in [0.15, 0.2) is 18.2 Å². The summed E-state index contributed by atoms with van der Waals surface area (Å²) in [6.07, 6.45) is 8.23. The number of benzene rings is 1. The highest BCUT2D eigenvalue weighted by molar-refractivity contribution is 5.30. The second kappa shape index (κ2) is 6.35. The molecule has 4 unspecified atom stereocenters. The molecule has 2 saturated carbocycles. The minimum atomic E-state index is -0.548. The lowest BCUT2D eigenvalue weighted by molar-refractivity contribution is 0.0347. The van der Waals surface area contributed by atoms with Crippen LogP contribution >= 0.6 is 0 Å². The van der Waals surface area contributed by atoms with Gasteiger partial charge >= 0.3 is 0 Å². The Morgan fingerprint density at radius 2 is 1.90 bits per heavy atom. The van der Waals surface area contributed by atoms with E-state index >= 15 is 0 Å². The molecule has 1 aromatic rings. The van der Waals surface area contributed by atoms with E-state index in [2.05, 4.69) is 0 Å². The number of aliphatic hydroxyl groups is 1. The molecule has 1 N–H and O–H groups in total. The van der Waals surface area contributed by atoms with Crippen LogP contribution in [0, 0.1) is 23.6 Å². The topological polar surface area (TPSA) is 29.5 Å². The number of methoxy groups -OCH3 is 1. The van der Waals surface area contributed by atoms with Crippen molar-refractivity contribution >= 4 is 0 Å². The molecule has 4 atom stereocenters. The summed E-state index contributed by atoms with van der Waals surface area (Å²) in [6, 6.07) is 4.83. The lowest BCUT2D eigenvalue weighted by Gasteiger charge is -2.40. The van der Waals surface area contributed by atoms with Gasteiger partial charge in [-0.25, -0.2) is 4.39 Å². The third kappa shape index (κ3) is 3.08. The van der Waals surface area contributed by atoms with Crippen molar-refractivity contribution in [3.63, 3.8) is 0 Å². The molecule has 0 aromatic heterocycles. The zero-order valence-corrected chi connectivity index (χ0v) is 12.7. The Morgan fingerprint density at radius 1 is 1.14 bits per heavy atom.